The maximum absolute atomic E-state index is 11.9. The van der Waals surface area contributed by atoms with E-state index in [2.05, 4.69) is 4.74 Å². The minimum Gasteiger partial charge on any atom is -0.369 e. The van der Waals surface area contributed by atoms with Crippen LogP contribution in [-0.4, -0.2) is 26.1 Å². The van der Waals surface area contributed by atoms with Gasteiger partial charge in [-0.15, -0.1) is 13.2 Å². The minimum absolute atomic E-state index is 0.0343. The fourth-order valence-corrected chi connectivity index (χ4v) is 2.28. The molecule has 0 amide bonds. The fourth-order valence-electron chi connectivity index (χ4n) is 2.28. The summed E-state index contributed by atoms with van der Waals surface area (Å²) < 4.78 is 39.5. The first-order chi connectivity index (χ1) is 8.87. The molecule has 0 radical (unpaired) electrons. The van der Waals surface area contributed by atoms with E-state index in [9.17, 15) is 13.2 Å². The van der Waals surface area contributed by atoms with Crippen LogP contribution < -0.4 is 10.6 Å². The molecule has 1 aromatic carbocycles. The van der Waals surface area contributed by atoms with Gasteiger partial charge < -0.3 is 10.6 Å². The van der Waals surface area contributed by atoms with Gasteiger partial charge in [-0.2, -0.15) is 0 Å². The summed E-state index contributed by atoms with van der Waals surface area (Å²) in [6, 6.07) is 5.85. The first-order valence-electron chi connectivity index (χ1n) is 6.21. The fraction of sp³-hybridized carbons (Fsp3) is 0.538. The summed E-state index contributed by atoms with van der Waals surface area (Å²) in [6.45, 7) is 2.52. The molecule has 3 nitrogen and oxygen atoms in total. The zero-order valence-electron chi connectivity index (χ0n) is 10.7. The van der Waals surface area contributed by atoms with E-state index < -0.39 is 6.36 Å². The SMILES string of the molecule is CC(N)c1ccc2c(c1)CCN2CCOC(F)(F)F. The summed E-state index contributed by atoms with van der Waals surface area (Å²) in [4.78, 5) is 1.91. The largest absolute Gasteiger partial charge is 0.522 e. The summed E-state index contributed by atoms with van der Waals surface area (Å²) in [5, 5.41) is 0. The lowest BCUT2D eigenvalue weighted by Crippen LogP contribution is -2.28. The van der Waals surface area contributed by atoms with Gasteiger partial charge >= 0.3 is 6.36 Å². The molecule has 2 rings (SSSR count). The Kier molecular flexibility index (Phi) is 4.01. The summed E-state index contributed by atoms with van der Waals surface area (Å²) >= 11 is 0. The maximum atomic E-state index is 11.9. The molecule has 0 saturated carbocycles. The number of hydrogen-bond donors (Lipinski definition) is 1. The predicted molar refractivity (Wildman–Crippen MR) is 67.0 cm³/mol. The third-order valence-electron chi connectivity index (χ3n) is 3.25. The molecule has 0 fully saturated rings. The van der Waals surface area contributed by atoms with Crippen molar-refractivity contribution >= 4 is 5.69 Å². The van der Waals surface area contributed by atoms with Gasteiger partial charge in [0.2, 0.25) is 0 Å². The van der Waals surface area contributed by atoms with Crippen molar-refractivity contribution < 1.29 is 17.9 Å². The summed E-state index contributed by atoms with van der Waals surface area (Å²) in [5.74, 6) is 0. The van der Waals surface area contributed by atoms with Crippen LogP contribution in [0.4, 0.5) is 18.9 Å². The number of ether oxygens (including phenoxy) is 1. The standard InChI is InChI=1S/C13H17F3N2O/c1-9(17)10-2-3-12-11(8-10)4-5-18(12)6-7-19-13(14,15)16/h2-3,8-9H,4-7,17H2,1H3. The van der Waals surface area contributed by atoms with Crippen LogP contribution in [-0.2, 0) is 11.2 Å². The van der Waals surface area contributed by atoms with Gasteiger partial charge in [0, 0.05) is 24.8 Å². The van der Waals surface area contributed by atoms with Crippen LogP contribution in [0.3, 0.4) is 0 Å². The van der Waals surface area contributed by atoms with Crippen molar-refractivity contribution in [1.29, 1.82) is 0 Å². The lowest BCUT2D eigenvalue weighted by Gasteiger charge is -2.20. The molecule has 0 aliphatic carbocycles. The Bertz CT molecular complexity index is 446. The Morgan fingerprint density at radius 1 is 1.42 bits per heavy atom. The van der Waals surface area contributed by atoms with Crippen molar-refractivity contribution in [2.75, 3.05) is 24.6 Å². The quantitative estimate of drug-likeness (QED) is 0.917. The molecule has 19 heavy (non-hydrogen) atoms. The highest BCUT2D eigenvalue weighted by molar-refractivity contribution is 5.59. The Hall–Kier alpha value is -1.27. The van der Waals surface area contributed by atoms with Crippen LogP contribution in [0.2, 0.25) is 0 Å². The molecule has 1 unspecified atom stereocenters. The van der Waals surface area contributed by atoms with Crippen molar-refractivity contribution in [3.63, 3.8) is 0 Å². The molecule has 6 heteroatoms. The Morgan fingerprint density at radius 2 is 2.16 bits per heavy atom. The van der Waals surface area contributed by atoms with E-state index >= 15 is 0 Å². The van der Waals surface area contributed by atoms with Crippen molar-refractivity contribution in [2.24, 2.45) is 5.73 Å². The first-order valence-corrected chi connectivity index (χ1v) is 6.21. The maximum Gasteiger partial charge on any atom is 0.522 e. The number of nitrogens with two attached hydrogens (primary N) is 1. The molecule has 0 bridgehead atoms. The monoisotopic (exact) mass is 274 g/mol. The van der Waals surface area contributed by atoms with Crippen LogP contribution in [0.15, 0.2) is 18.2 Å². The van der Waals surface area contributed by atoms with Gasteiger partial charge in [-0.25, -0.2) is 0 Å². The van der Waals surface area contributed by atoms with Crippen LogP contribution >= 0.6 is 0 Å². The lowest BCUT2D eigenvalue weighted by molar-refractivity contribution is -0.323. The molecule has 0 saturated heterocycles. The highest BCUT2D eigenvalue weighted by Gasteiger charge is 2.29. The van der Waals surface area contributed by atoms with E-state index in [-0.39, 0.29) is 19.2 Å². The van der Waals surface area contributed by atoms with E-state index in [0.29, 0.717) is 0 Å². The van der Waals surface area contributed by atoms with Gasteiger partial charge in [0.15, 0.2) is 0 Å². The molecule has 2 N–H and O–H groups in total. The molecule has 1 aliphatic heterocycles. The second-order valence-corrected chi connectivity index (χ2v) is 4.71. The zero-order valence-corrected chi connectivity index (χ0v) is 10.7. The second-order valence-electron chi connectivity index (χ2n) is 4.71. The molecule has 0 aromatic heterocycles. The zero-order chi connectivity index (χ0) is 14.0. The van der Waals surface area contributed by atoms with Gasteiger partial charge in [0.25, 0.3) is 0 Å². The number of nitrogens with zero attached hydrogens (tertiary/aromatic N) is 1. The minimum atomic E-state index is -4.55. The van der Waals surface area contributed by atoms with Crippen molar-refractivity contribution in [3.8, 4) is 0 Å². The van der Waals surface area contributed by atoms with Gasteiger partial charge in [0.1, 0.15) is 0 Å². The van der Waals surface area contributed by atoms with Crippen molar-refractivity contribution in [1.82, 2.24) is 0 Å². The summed E-state index contributed by atoms with van der Waals surface area (Å²) in [6.07, 6.45) is -3.72. The number of fused-ring (bicyclic) bond motifs is 1. The van der Waals surface area contributed by atoms with Gasteiger partial charge in [-0.05, 0) is 30.5 Å². The Labute approximate surface area is 110 Å². The number of hydrogen-bond acceptors (Lipinski definition) is 3. The van der Waals surface area contributed by atoms with E-state index in [4.69, 9.17) is 5.73 Å². The topological polar surface area (TPSA) is 38.5 Å². The van der Waals surface area contributed by atoms with Crippen molar-refractivity contribution in [2.45, 2.75) is 25.7 Å². The number of anilines is 1. The van der Waals surface area contributed by atoms with Crippen LogP contribution in [0.5, 0.6) is 0 Å². The molecule has 1 aromatic rings. The normalized spacial score (nSPS) is 16.6. The molecule has 1 heterocycles. The number of rotatable bonds is 4. The summed E-state index contributed by atoms with van der Waals surface area (Å²) in [5.41, 5.74) is 8.98. The molecule has 106 valence electrons. The predicted octanol–water partition coefficient (Wildman–Crippen LogP) is 2.61. The molecule has 0 spiro atoms. The number of halogens is 3. The van der Waals surface area contributed by atoms with Crippen LogP contribution in [0.1, 0.15) is 24.1 Å². The number of benzene rings is 1. The van der Waals surface area contributed by atoms with Crippen LogP contribution in [0, 0.1) is 0 Å². The lowest BCUT2D eigenvalue weighted by atomic mass is 10.0. The molecule has 1 atom stereocenters. The molecular weight excluding hydrogens is 257 g/mol. The van der Waals surface area contributed by atoms with E-state index in [0.717, 1.165) is 29.8 Å². The van der Waals surface area contributed by atoms with E-state index in [1.54, 1.807) is 0 Å². The van der Waals surface area contributed by atoms with Gasteiger partial charge in [-0.3, -0.25) is 4.74 Å². The third kappa shape index (κ3) is 3.61. The van der Waals surface area contributed by atoms with Crippen molar-refractivity contribution in [3.05, 3.63) is 29.3 Å². The third-order valence-corrected chi connectivity index (χ3v) is 3.25. The van der Waals surface area contributed by atoms with Gasteiger partial charge in [-0.1, -0.05) is 12.1 Å². The second kappa shape index (κ2) is 5.38. The van der Waals surface area contributed by atoms with Crippen LogP contribution in [0.25, 0.3) is 0 Å². The van der Waals surface area contributed by atoms with E-state index in [1.165, 1.54) is 0 Å². The summed E-state index contributed by atoms with van der Waals surface area (Å²) in [7, 11) is 0. The highest BCUT2D eigenvalue weighted by atomic mass is 19.4. The molecule has 1 aliphatic rings. The highest BCUT2D eigenvalue weighted by Crippen LogP contribution is 2.30. The van der Waals surface area contributed by atoms with Gasteiger partial charge in [0.05, 0.1) is 6.61 Å². The smallest absolute Gasteiger partial charge is 0.369 e. The average molecular weight is 274 g/mol. The average Bonchev–Trinajstić information content (AvgIpc) is 2.70. The Morgan fingerprint density at radius 3 is 2.79 bits per heavy atom. The molecular formula is C13H17F3N2O. The Balaban J connectivity index is 1.98. The first kappa shape index (κ1) is 14.1. The van der Waals surface area contributed by atoms with E-state index in [1.807, 2.05) is 30.0 Å². The number of alkyl halides is 3.